The van der Waals surface area contributed by atoms with Gasteiger partial charge in [-0.2, -0.15) is 0 Å². The Balaban J connectivity index is 1.84. The molecule has 0 radical (unpaired) electrons. The van der Waals surface area contributed by atoms with Gasteiger partial charge in [-0.15, -0.1) is 0 Å². The van der Waals surface area contributed by atoms with E-state index in [0.29, 0.717) is 6.10 Å². The number of rotatable bonds is 2. The second-order valence-corrected chi connectivity index (χ2v) is 4.11. The van der Waals surface area contributed by atoms with Crippen molar-refractivity contribution in [1.29, 1.82) is 0 Å². The zero-order valence-electron chi connectivity index (χ0n) is 8.57. The molecule has 78 valence electrons. The van der Waals surface area contributed by atoms with Gasteiger partial charge in [-0.25, -0.2) is 4.98 Å². The van der Waals surface area contributed by atoms with Gasteiger partial charge in [0.05, 0.1) is 12.3 Å². The molecule has 0 aliphatic heterocycles. The largest absolute Gasteiger partial charge is 0.489 e. The molecule has 0 aromatic carbocycles. The predicted molar refractivity (Wildman–Crippen MR) is 59.0 cm³/mol. The van der Waals surface area contributed by atoms with Crippen molar-refractivity contribution in [1.82, 2.24) is 9.97 Å². The molecule has 2 aromatic heterocycles. The summed E-state index contributed by atoms with van der Waals surface area (Å²) in [6.07, 6.45) is 9.07. The molecule has 0 atom stereocenters. The summed E-state index contributed by atoms with van der Waals surface area (Å²) < 4.78 is 5.88. The number of aromatic amines is 1. The normalized spacial score (nSPS) is 17.3. The molecule has 1 saturated carbocycles. The van der Waals surface area contributed by atoms with Crippen LogP contribution >= 0.6 is 0 Å². The highest BCUT2D eigenvalue weighted by Gasteiger charge is 2.16. The molecule has 1 fully saturated rings. The van der Waals surface area contributed by atoms with Gasteiger partial charge in [0.15, 0.2) is 0 Å². The van der Waals surface area contributed by atoms with Crippen molar-refractivity contribution in [3.05, 3.63) is 24.5 Å². The van der Waals surface area contributed by atoms with E-state index in [0.717, 1.165) is 16.8 Å². The Morgan fingerprint density at radius 1 is 1.33 bits per heavy atom. The number of hydrogen-bond donors (Lipinski definition) is 1. The highest BCUT2D eigenvalue weighted by atomic mass is 16.5. The summed E-state index contributed by atoms with van der Waals surface area (Å²) in [7, 11) is 0. The number of aromatic nitrogens is 2. The molecule has 2 heterocycles. The predicted octanol–water partition coefficient (Wildman–Crippen LogP) is 2.88. The van der Waals surface area contributed by atoms with Gasteiger partial charge in [0.1, 0.15) is 11.4 Å². The summed E-state index contributed by atoms with van der Waals surface area (Å²) in [6.45, 7) is 0. The number of pyridine rings is 1. The van der Waals surface area contributed by atoms with E-state index in [1.165, 1.54) is 25.7 Å². The molecule has 0 spiro atoms. The molecule has 3 heteroatoms. The van der Waals surface area contributed by atoms with Gasteiger partial charge in [0.2, 0.25) is 0 Å². The lowest BCUT2D eigenvalue weighted by Crippen LogP contribution is -2.10. The van der Waals surface area contributed by atoms with Crippen molar-refractivity contribution in [3.8, 4) is 5.75 Å². The fourth-order valence-corrected chi connectivity index (χ4v) is 2.18. The Hall–Kier alpha value is -1.51. The molecule has 1 N–H and O–H groups in total. The molecular weight excluding hydrogens is 188 g/mol. The van der Waals surface area contributed by atoms with E-state index in [1.807, 2.05) is 12.3 Å². The number of nitrogens with one attached hydrogen (secondary N) is 1. The Morgan fingerprint density at radius 2 is 2.20 bits per heavy atom. The number of hydrogen-bond acceptors (Lipinski definition) is 2. The van der Waals surface area contributed by atoms with Gasteiger partial charge in [0.25, 0.3) is 0 Å². The minimum Gasteiger partial charge on any atom is -0.489 e. The van der Waals surface area contributed by atoms with Gasteiger partial charge in [-0.05, 0) is 37.8 Å². The van der Waals surface area contributed by atoms with Gasteiger partial charge >= 0.3 is 0 Å². The van der Waals surface area contributed by atoms with Crippen LogP contribution in [0.25, 0.3) is 11.0 Å². The van der Waals surface area contributed by atoms with Crippen LogP contribution in [0.3, 0.4) is 0 Å². The summed E-state index contributed by atoms with van der Waals surface area (Å²) >= 11 is 0. The van der Waals surface area contributed by atoms with Crippen LogP contribution in [0.4, 0.5) is 0 Å². The molecular formula is C12H14N2O. The number of ether oxygens (including phenoxy) is 1. The fraction of sp³-hybridized carbons (Fsp3) is 0.417. The lowest BCUT2D eigenvalue weighted by Gasteiger charge is -2.12. The van der Waals surface area contributed by atoms with E-state index >= 15 is 0 Å². The van der Waals surface area contributed by atoms with Crippen LogP contribution < -0.4 is 4.74 Å². The first-order chi connectivity index (χ1) is 7.42. The van der Waals surface area contributed by atoms with Gasteiger partial charge in [0, 0.05) is 11.6 Å². The summed E-state index contributed by atoms with van der Waals surface area (Å²) in [5.74, 6) is 0.897. The lowest BCUT2D eigenvalue weighted by atomic mass is 10.3. The van der Waals surface area contributed by atoms with Crippen molar-refractivity contribution in [2.24, 2.45) is 0 Å². The van der Waals surface area contributed by atoms with Crippen molar-refractivity contribution in [2.75, 3.05) is 0 Å². The lowest BCUT2D eigenvalue weighted by molar-refractivity contribution is 0.209. The van der Waals surface area contributed by atoms with E-state index in [1.54, 1.807) is 6.20 Å². The molecule has 1 aliphatic carbocycles. The van der Waals surface area contributed by atoms with Crippen LogP contribution in [0, 0.1) is 0 Å². The van der Waals surface area contributed by atoms with Crippen molar-refractivity contribution in [3.63, 3.8) is 0 Å². The molecule has 3 rings (SSSR count). The fourth-order valence-electron chi connectivity index (χ4n) is 2.18. The van der Waals surface area contributed by atoms with Gasteiger partial charge in [-0.1, -0.05) is 0 Å². The summed E-state index contributed by atoms with van der Waals surface area (Å²) in [4.78, 5) is 7.38. The second kappa shape index (κ2) is 3.57. The Morgan fingerprint density at radius 3 is 3.07 bits per heavy atom. The number of fused-ring (bicyclic) bond motifs is 1. The molecule has 2 aromatic rings. The third-order valence-electron chi connectivity index (χ3n) is 2.98. The van der Waals surface area contributed by atoms with E-state index in [2.05, 4.69) is 16.0 Å². The van der Waals surface area contributed by atoms with Crippen LogP contribution in [0.2, 0.25) is 0 Å². The molecule has 0 unspecified atom stereocenters. The van der Waals surface area contributed by atoms with Crippen molar-refractivity contribution >= 4 is 11.0 Å². The molecule has 0 amide bonds. The molecule has 15 heavy (non-hydrogen) atoms. The van der Waals surface area contributed by atoms with Crippen LogP contribution in [0.15, 0.2) is 24.5 Å². The zero-order valence-corrected chi connectivity index (χ0v) is 8.57. The zero-order chi connectivity index (χ0) is 10.1. The standard InChI is InChI=1S/C12H14N2O/c1-2-4-10(3-1)15-11-7-9-5-6-13-12(9)14-8-11/h5-8,10H,1-4H2,(H,13,14). The quantitative estimate of drug-likeness (QED) is 0.813. The maximum Gasteiger partial charge on any atom is 0.138 e. The molecule has 1 aliphatic rings. The maximum absolute atomic E-state index is 5.88. The average Bonchev–Trinajstić information content (AvgIpc) is 2.87. The first kappa shape index (κ1) is 8.77. The first-order valence-corrected chi connectivity index (χ1v) is 5.51. The van der Waals surface area contributed by atoms with Crippen LogP contribution in [-0.4, -0.2) is 16.1 Å². The topological polar surface area (TPSA) is 37.9 Å². The van der Waals surface area contributed by atoms with E-state index in [-0.39, 0.29) is 0 Å². The third kappa shape index (κ3) is 1.69. The maximum atomic E-state index is 5.88. The van der Waals surface area contributed by atoms with E-state index in [9.17, 15) is 0 Å². The Bertz CT molecular complexity index is 457. The minimum atomic E-state index is 0.406. The smallest absolute Gasteiger partial charge is 0.138 e. The van der Waals surface area contributed by atoms with E-state index < -0.39 is 0 Å². The summed E-state index contributed by atoms with van der Waals surface area (Å²) in [6, 6.07) is 4.07. The second-order valence-electron chi connectivity index (χ2n) is 4.11. The molecule has 0 saturated heterocycles. The van der Waals surface area contributed by atoms with E-state index in [4.69, 9.17) is 4.74 Å². The summed E-state index contributed by atoms with van der Waals surface area (Å²) in [5, 5.41) is 1.12. The van der Waals surface area contributed by atoms with Crippen molar-refractivity contribution in [2.45, 2.75) is 31.8 Å². The van der Waals surface area contributed by atoms with Crippen LogP contribution in [0.5, 0.6) is 5.75 Å². The van der Waals surface area contributed by atoms with Gasteiger partial charge < -0.3 is 9.72 Å². The third-order valence-corrected chi connectivity index (χ3v) is 2.98. The van der Waals surface area contributed by atoms with Gasteiger partial charge in [-0.3, -0.25) is 0 Å². The Kier molecular flexibility index (Phi) is 2.09. The number of nitrogens with zero attached hydrogens (tertiary/aromatic N) is 1. The first-order valence-electron chi connectivity index (χ1n) is 5.51. The van der Waals surface area contributed by atoms with Crippen molar-refractivity contribution < 1.29 is 4.74 Å². The highest BCUT2D eigenvalue weighted by Crippen LogP contribution is 2.25. The summed E-state index contributed by atoms with van der Waals surface area (Å²) in [5.41, 5.74) is 0.925. The SMILES string of the molecule is c1cc2cc(OC3CCCC3)cnc2[nH]1. The average molecular weight is 202 g/mol. The van der Waals surface area contributed by atoms with Crippen LogP contribution in [0.1, 0.15) is 25.7 Å². The highest BCUT2D eigenvalue weighted by molar-refractivity contribution is 5.76. The minimum absolute atomic E-state index is 0.406. The number of H-pyrrole nitrogens is 1. The van der Waals surface area contributed by atoms with Crippen LogP contribution in [-0.2, 0) is 0 Å². The Labute approximate surface area is 88.5 Å². The molecule has 0 bridgehead atoms. The monoisotopic (exact) mass is 202 g/mol. The molecule has 3 nitrogen and oxygen atoms in total.